The van der Waals surface area contributed by atoms with Gasteiger partial charge in [-0.1, -0.05) is 0 Å². The molecule has 0 aliphatic carbocycles. The molecule has 0 aromatic heterocycles. The molecule has 0 spiro atoms. The van der Waals surface area contributed by atoms with Crippen molar-refractivity contribution in [1.82, 2.24) is 0 Å². The Bertz CT molecular complexity index is 485. The predicted molar refractivity (Wildman–Crippen MR) is 67.5 cm³/mol. The van der Waals surface area contributed by atoms with Gasteiger partial charge >= 0.3 is 0 Å². The standard InChI is InChI=1S/C12H15N3O3/c1-7(13)4-11(16)14-8-2-3-10-9(5-8)15-12(17)6-18-10/h2-3,5,7H,4,6,13H2,1H3,(H,14,16)(H,15,17). The first kappa shape index (κ1) is 12.4. The molecule has 4 N–H and O–H groups in total. The van der Waals surface area contributed by atoms with Crippen molar-refractivity contribution in [2.75, 3.05) is 17.2 Å². The van der Waals surface area contributed by atoms with Crippen LogP contribution in [0.2, 0.25) is 0 Å². The highest BCUT2D eigenvalue weighted by atomic mass is 16.5. The molecule has 0 bridgehead atoms. The number of rotatable bonds is 3. The van der Waals surface area contributed by atoms with Gasteiger partial charge in [-0.3, -0.25) is 9.59 Å². The molecule has 2 rings (SSSR count). The van der Waals surface area contributed by atoms with Gasteiger partial charge in [-0.2, -0.15) is 0 Å². The molecule has 0 saturated heterocycles. The zero-order chi connectivity index (χ0) is 13.1. The van der Waals surface area contributed by atoms with Gasteiger partial charge in [0.2, 0.25) is 5.91 Å². The number of hydrogen-bond acceptors (Lipinski definition) is 4. The number of fused-ring (bicyclic) bond motifs is 1. The third-order valence-corrected chi connectivity index (χ3v) is 2.40. The first-order chi connectivity index (χ1) is 8.54. The van der Waals surface area contributed by atoms with Gasteiger partial charge in [0.15, 0.2) is 6.61 Å². The number of carbonyl (C=O) groups is 2. The molecular weight excluding hydrogens is 234 g/mol. The van der Waals surface area contributed by atoms with Crippen molar-refractivity contribution in [1.29, 1.82) is 0 Å². The molecule has 1 aliphatic heterocycles. The first-order valence-electron chi connectivity index (χ1n) is 5.67. The number of nitrogens with one attached hydrogen (secondary N) is 2. The third kappa shape index (κ3) is 2.98. The molecule has 1 aromatic rings. The number of amides is 2. The van der Waals surface area contributed by atoms with Gasteiger partial charge in [-0.25, -0.2) is 0 Å². The van der Waals surface area contributed by atoms with E-state index >= 15 is 0 Å². The van der Waals surface area contributed by atoms with Crippen LogP contribution in [0.15, 0.2) is 18.2 Å². The van der Waals surface area contributed by atoms with E-state index in [1.165, 1.54) is 0 Å². The lowest BCUT2D eigenvalue weighted by molar-refractivity contribution is -0.118. The lowest BCUT2D eigenvalue weighted by Gasteiger charge is -2.18. The second-order valence-electron chi connectivity index (χ2n) is 4.28. The van der Waals surface area contributed by atoms with Gasteiger partial charge in [-0.05, 0) is 25.1 Å². The molecule has 0 saturated carbocycles. The Labute approximate surface area is 104 Å². The second kappa shape index (κ2) is 5.05. The zero-order valence-corrected chi connectivity index (χ0v) is 10.0. The molecule has 0 fully saturated rings. The lowest BCUT2D eigenvalue weighted by Crippen LogP contribution is -2.26. The highest BCUT2D eigenvalue weighted by Gasteiger charge is 2.16. The Morgan fingerprint density at radius 2 is 2.39 bits per heavy atom. The number of carbonyl (C=O) groups excluding carboxylic acids is 2. The summed E-state index contributed by atoms with van der Waals surface area (Å²) in [4.78, 5) is 22.7. The average molecular weight is 249 g/mol. The maximum Gasteiger partial charge on any atom is 0.262 e. The predicted octanol–water partition coefficient (Wildman–Crippen LogP) is 0.693. The van der Waals surface area contributed by atoms with Crippen LogP contribution in [0.3, 0.4) is 0 Å². The molecule has 1 atom stereocenters. The fourth-order valence-corrected chi connectivity index (χ4v) is 1.67. The summed E-state index contributed by atoms with van der Waals surface area (Å²) in [7, 11) is 0. The van der Waals surface area contributed by atoms with E-state index in [2.05, 4.69) is 10.6 Å². The number of anilines is 2. The largest absolute Gasteiger partial charge is 0.482 e. The SMILES string of the molecule is CC(N)CC(=O)Nc1ccc2c(c1)NC(=O)CO2. The normalized spacial score (nSPS) is 15.1. The van der Waals surface area contributed by atoms with Crippen molar-refractivity contribution in [3.63, 3.8) is 0 Å². The van der Waals surface area contributed by atoms with Crippen molar-refractivity contribution >= 4 is 23.2 Å². The van der Waals surface area contributed by atoms with Gasteiger partial charge < -0.3 is 21.1 Å². The Hall–Kier alpha value is -2.08. The molecule has 0 radical (unpaired) electrons. The van der Waals surface area contributed by atoms with E-state index in [-0.39, 0.29) is 30.9 Å². The molecular formula is C12H15N3O3. The molecule has 1 aliphatic rings. The third-order valence-electron chi connectivity index (χ3n) is 2.40. The Balaban J connectivity index is 2.09. The highest BCUT2D eigenvalue weighted by molar-refractivity contribution is 5.97. The molecule has 96 valence electrons. The van der Waals surface area contributed by atoms with Crippen LogP contribution in [-0.2, 0) is 9.59 Å². The second-order valence-corrected chi connectivity index (χ2v) is 4.28. The van der Waals surface area contributed by atoms with Crippen molar-refractivity contribution < 1.29 is 14.3 Å². The molecule has 6 nitrogen and oxygen atoms in total. The minimum atomic E-state index is -0.207. The van der Waals surface area contributed by atoms with E-state index in [1.807, 2.05) is 0 Å². The monoisotopic (exact) mass is 249 g/mol. The van der Waals surface area contributed by atoms with Gasteiger partial charge in [-0.15, -0.1) is 0 Å². The van der Waals surface area contributed by atoms with Gasteiger partial charge in [0.25, 0.3) is 5.91 Å². The number of nitrogens with two attached hydrogens (primary N) is 1. The van der Waals surface area contributed by atoms with Crippen LogP contribution in [0.5, 0.6) is 5.75 Å². The summed E-state index contributed by atoms with van der Waals surface area (Å²) in [5.41, 5.74) is 6.70. The quantitative estimate of drug-likeness (QED) is 0.734. The van der Waals surface area contributed by atoms with Crippen molar-refractivity contribution in [3.8, 4) is 5.75 Å². The van der Waals surface area contributed by atoms with Crippen LogP contribution >= 0.6 is 0 Å². The van der Waals surface area contributed by atoms with Crippen LogP contribution in [0.1, 0.15) is 13.3 Å². The Morgan fingerprint density at radius 3 is 3.11 bits per heavy atom. The maximum atomic E-state index is 11.5. The topological polar surface area (TPSA) is 93.5 Å². The van der Waals surface area contributed by atoms with Crippen LogP contribution in [0, 0.1) is 0 Å². The minimum Gasteiger partial charge on any atom is -0.482 e. The Kier molecular flexibility index (Phi) is 3.47. The fourth-order valence-electron chi connectivity index (χ4n) is 1.67. The summed E-state index contributed by atoms with van der Waals surface area (Å²) in [6, 6.07) is 4.89. The lowest BCUT2D eigenvalue weighted by atomic mass is 10.2. The fraction of sp³-hybridized carbons (Fsp3) is 0.333. The first-order valence-corrected chi connectivity index (χ1v) is 5.67. The molecule has 18 heavy (non-hydrogen) atoms. The van der Waals surface area contributed by atoms with Gasteiger partial charge in [0.1, 0.15) is 5.75 Å². The molecule has 2 amide bonds. The summed E-state index contributed by atoms with van der Waals surface area (Å²) in [5.74, 6) is 0.231. The molecule has 1 unspecified atom stereocenters. The molecule has 6 heteroatoms. The van der Waals surface area contributed by atoms with E-state index in [9.17, 15) is 9.59 Å². The van der Waals surface area contributed by atoms with E-state index in [0.717, 1.165) is 0 Å². The van der Waals surface area contributed by atoms with Crippen LogP contribution in [-0.4, -0.2) is 24.5 Å². The highest BCUT2D eigenvalue weighted by Crippen LogP contribution is 2.30. The smallest absolute Gasteiger partial charge is 0.262 e. The average Bonchev–Trinajstić information content (AvgIpc) is 2.27. The van der Waals surface area contributed by atoms with Gasteiger partial charge in [0.05, 0.1) is 5.69 Å². The van der Waals surface area contributed by atoms with Crippen molar-refractivity contribution in [3.05, 3.63) is 18.2 Å². The van der Waals surface area contributed by atoms with E-state index in [0.29, 0.717) is 17.1 Å². The summed E-state index contributed by atoms with van der Waals surface area (Å²) < 4.78 is 5.22. The molecule has 1 aromatic carbocycles. The minimum absolute atomic E-state index is 0.0173. The maximum absolute atomic E-state index is 11.5. The van der Waals surface area contributed by atoms with Crippen molar-refractivity contribution in [2.24, 2.45) is 5.73 Å². The summed E-state index contributed by atoms with van der Waals surface area (Å²) in [6.07, 6.45) is 0.250. The van der Waals surface area contributed by atoms with E-state index < -0.39 is 0 Å². The summed E-state index contributed by atoms with van der Waals surface area (Å²) >= 11 is 0. The van der Waals surface area contributed by atoms with Crippen LogP contribution in [0.4, 0.5) is 11.4 Å². The Morgan fingerprint density at radius 1 is 1.61 bits per heavy atom. The van der Waals surface area contributed by atoms with Crippen LogP contribution in [0.25, 0.3) is 0 Å². The van der Waals surface area contributed by atoms with E-state index in [1.54, 1.807) is 25.1 Å². The number of hydrogen-bond donors (Lipinski definition) is 3. The van der Waals surface area contributed by atoms with Gasteiger partial charge in [0, 0.05) is 18.2 Å². The zero-order valence-electron chi connectivity index (χ0n) is 10.0. The summed E-state index contributed by atoms with van der Waals surface area (Å²) in [6.45, 7) is 1.78. The summed E-state index contributed by atoms with van der Waals surface area (Å²) in [5, 5.41) is 5.39. The number of ether oxygens (including phenoxy) is 1. The number of benzene rings is 1. The molecule has 1 heterocycles. The van der Waals surface area contributed by atoms with E-state index in [4.69, 9.17) is 10.5 Å². The van der Waals surface area contributed by atoms with Crippen molar-refractivity contribution in [2.45, 2.75) is 19.4 Å². The van der Waals surface area contributed by atoms with Crippen LogP contribution < -0.4 is 21.1 Å².